The Balaban J connectivity index is 1.27. The van der Waals surface area contributed by atoms with Crippen molar-refractivity contribution in [3.05, 3.63) is 58.3 Å². The van der Waals surface area contributed by atoms with E-state index < -0.39 is 0 Å². The molecule has 2 heterocycles. The average molecular weight is 940 g/mol. The van der Waals surface area contributed by atoms with E-state index in [1.165, 1.54) is 180 Å². The molecule has 2 aromatic heterocycles. The molecule has 2 atom stereocenters. The second-order valence-electron chi connectivity index (χ2n) is 20.0. The van der Waals surface area contributed by atoms with Gasteiger partial charge in [-0.1, -0.05) is 207 Å². The first-order valence-electron chi connectivity index (χ1n) is 27.6. The SMILES string of the molecule is CCCCCCCCCCC(CCCCCCCC)COC(=O)c1cc2cc3c(cc(C(=O)OCC(CCCCCCCC)CCCCCCCCCC)c4ccsc43)cc2c2sccc12. The van der Waals surface area contributed by atoms with E-state index in [0.717, 1.165) is 67.4 Å². The zero-order valence-corrected chi connectivity index (χ0v) is 43.9. The smallest absolute Gasteiger partial charge is 0.338 e. The summed E-state index contributed by atoms with van der Waals surface area (Å²) in [5.41, 5.74) is 1.32. The highest BCUT2D eigenvalue weighted by Crippen LogP contribution is 2.40. The van der Waals surface area contributed by atoms with Crippen LogP contribution < -0.4 is 0 Å². The van der Waals surface area contributed by atoms with Gasteiger partial charge in [0.05, 0.1) is 24.3 Å². The molecule has 0 N–H and O–H groups in total. The van der Waals surface area contributed by atoms with Crippen molar-refractivity contribution in [2.45, 2.75) is 233 Å². The van der Waals surface area contributed by atoms with Crippen molar-refractivity contribution in [3.63, 3.8) is 0 Å². The molecule has 4 nitrogen and oxygen atoms in total. The van der Waals surface area contributed by atoms with Crippen LogP contribution in [0.4, 0.5) is 0 Å². The topological polar surface area (TPSA) is 52.6 Å². The predicted octanol–water partition coefficient (Wildman–Crippen LogP) is 20.5. The van der Waals surface area contributed by atoms with E-state index in [2.05, 4.69) is 74.9 Å². The molecule has 2 unspecified atom stereocenters. The normalized spacial score (nSPS) is 12.8. The Kier molecular flexibility index (Phi) is 26.1. The van der Waals surface area contributed by atoms with Crippen LogP contribution in [-0.4, -0.2) is 25.2 Å². The largest absolute Gasteiger partial charge is 0.462 e. The van der Waals surface area contributed by atoms with Gasteiger partial charge >= 0.3 is 11.9 Å². The lowest BCUT2D eigenvalue weighted by Gasteiger charge is -2.18. The minimum Gasteiger partial charge on any atom is -0.462 e. The highest BCUT2D eigenvalue weighted by atomic mass is 32.1. The number of esters is 2. The fourth-order valence-corrected chi connectivity index (χ4v) is 12.2. The van der Waals surface area contributed by atoms with E-state index in [9.17, 15) is 9.59 Å². The molecular formula is C60H90O4S2. The van der Waals surface area contributed by atoms with Crippen LogP contribution in [0.1, 0.15) is 254 Å². The van der Waals surface area contributed by atoms with Crippen LogP contribution in [0.15, 0.2) is 47.2 Å². The van der Waals surface area contributed by atoms with Crippen molar-refractivity contribution >= 4 is 76.3 Å². The number of carbonyl (C=O) groups is 2. The zero-order chi connectivity index (χ0) is 46.6. The molecule has 0 saturated carbocycles. The van der Waals surface area contributed by atoms with Crippen molar-refractivity contribution in [3.8, 4) is 0 Å². The number of benzene rings is 3. The standard InChI is InChI=1S/C60H90O4S2/c1-5-9-13-17-21-23-27-31-35-47(33-29-25-19-15-11-7-3)45-63-59(61)55-43-49-41-54-50(42-53(49)57-51(55)37-39-65-57)44-56(52-38-40-66-58(52)54)60(62)64-46-48(34-30-26-20-16-12-8-4)36-32-28-24-22-18-14-10-6-2/h37-44,47-48H,5-36,45-46H2,1-4H3. The number of carbonyl (C=O) groups excluding carboxylic acids is 2. The van der Waals surface area contributed by atoms with Gasteiger partial charge in [0.1, 0.15) is 0 Å². The summed E-state index contributed by atoms with van der Waals surface area (Å²) < 4.78 is 14.7. The Morgan fingerprint density at radius 2 is 0.682 bits per heavy atom. The number of unbranched alkanes of at least 4 members (excludes halogenated alkanes) is 24. The number of hydrogen-bond acceptors (Lipinski definition) is 6. The molecule has 0 aliphatic heterocycles. The minimum absolute atomic E-state index is 0.208. The van der Waals surface area contributed by atoms with E-state index >= 15 is 0 Å². The molecule has 5 rings (SSSR count). The van der Waals surface area contributed by atoms with Gasteiger partial charge in [-0.2, -0.15) is 0 Å². The van der Waals surface area contributed by atoms with E-state index in [4.69, 9.17) is 9.47 Å². The Morgan fingerprint density at radius 1 is 0.394 bits per heavy atom. The van der Waals surface area contributed by atoms with Crippen LogP contribution in [0.25, 0.3) is 41.7 Å². The Morgan fingerprint density at radius 3 is 0.985 bits per heavy atom. The first-order valence-corrected chi connectivity index (χ1v) is 29.4. The van der Waals surface area contributed by atoms with Crippen LogP contribution in [0.3, 0.4) is 0 Å². The van der Waals surface area contributed by atoms with Crippen molar-refractivity contribution in [1.82, 2.24) is 0 Å². The zero-order valence-electron chi connectivity index (χ0n) is 42.3. The van der Waals surface area contributed by atoms with Gasteiger partial charge < -0.3 is 9.47 Å². The molecule has 3 aromatic carbocycles. The third-order valence-electron chi connectivity index (χ3n) is 14.4. The Labute approximate surface area is 409 Å². The first kappa shape index (κ1) is 54.0. The minimum atomic E-state index is -0.208. The summed E-state index contributed by atoms with van der Waals surface area (Å²) in [6.07, 6.45) is 41.1. The van der Waals surface area contributed by atoms with Crippen molar-refractivity contribution < 1.29 is 19.1 Å². The molecule has 0 aliphatic carbocycles. The van der Waals surface area contributed by atoms with Crippen molar-refractivity contribution in [2.24, 2.45) is 11.8 Å². The van der Waals surface area contributed by atoms with Crippen LogP contribution in [0.2, 0.25) is 0 Å². The summed E-state index contributed by atoms with van der Waals surface area (Å²) in [5.74, 6) is 0.412. The highest BCUT2D eigenvalue weighted by Gasteiger charge is 2.22. The van der Waals surface area contributed by atoms with Crippen molar-refractivity contribution in [2.75, 3.05) is 13.2 Å². The van der Waals surface area contributed by atoms with E-state index in [0.29, 0.717) is 36.2 Å². The predicted molar refractivity (Wildman–Crippen MR) is 290 cm³/mol. The summed E-state index contributed by atoms with van der Waals surface area (Å²) in [6, 6.07) is 12.7. The second kappa shape index (κ2) is 32.0. The van der Waals surface area contributed by atoms with Gasteiger partial charge in [0.2, 0.25) is 0 Å². The van der Waals surface area contributed by atoms with Crippen molar-refractivity contribution in [1.29, 1.82) is 0 Å². The van der Waals surface area contributed by atoms with Gasteiger partial charge in [-0.05, 0) is 95.4 Å². The molecule has 0 saturated heterocycles. The molecule has 6 heteroatoms. The lowest BCUT2D eigenvalue weighted by Crippen LogP contribution is -2.15. The Bertz CT molecular complexity index is 1960. The molecule has 0 aliphatic rings. The number of rotatable bonds is 38. The highest BCUT2D eigenvalue weighted by molar-refractivity contribution is 7.18. The molecule has 0 amide bonds. The molecular weight excluding hydrogens is 849 g/mol. The number of hydrogen-bond donors (Lipinski definition) is 0. The maximum atomic E-state index is 14.1. The summed E-state index contributed by atoms with van der Waals surface area (Å²) in [7, 11) is 0. The van der Waals surface area contributed by atoms with Gasteiger partial charge in [-0.3, -0.25) is 0 Å². The lowest BCUT2D eigenvalue weighted by molar-refractivity contribution is 0.0416. The van der Waals surface area contributed by atoms with Crippen LogP contribution >= 0.6 is 22.7 Å². The molecule has 0 bridgehead atoms. The third kappa shape index (κ3) is 17.8. The van der Waals surface area contributed by atoms with Crippen LogP contribution in [-0.2, 0) is 9.47 Å². The first-order chi connectivity index (χ1) is 32.5. The third-order valence-corrected chi connectivity index (χ3v) is 16.3. The van der Waals surface area contributed by atoms with Gasteiger partial charge in [-0.15, -0.1) is 22.7 Å². The lowest BCUT2D eigenvalue weighted by atomic mass is 9.94. The number of thiophene rings is 2. The van der Waals surface area contributed by atoms with Crippen LogP contribution in [0.5, 0.6) is 0 Å². The summed E-state index contributed by atoms with van der Waals surface area (Å²) in [4.78, 5) is 28.2. The molecule has 0 fully saturated rings. The van der Waals surface area contributed by atoms with E-state index in [-0.39, 0.29) is 11.9 Å². The second-order valence-corrected chi connectivity index (χ2v) is 21.9. The quantitative estimate of drug-likeness (QED) is 0.0225. The summed E-state index contributed by atoms with van der Waals surface area (Å²) in [6.45, 7) is 10.1. The van der Waals surface area contributed by atoms with Gasteiger partial charge in [0.15, 0.2) is 0 Å². The van der Waals surface area contributed by atoms with Crippen LogP contribution in [0, 0.1) is 11.8 Å². The van der Waals surface area contributed by atoms with Gasteiger partial charge in [0.25, 0.3) is 0 Å². The summed E-state index contributed by atoms with van der Waals surface area (Å²) in [5, 5.41) is 10.4. The van der Waals surface area contributed by atoms with E-state index in [1.807, 2.05) is 0 Å². The molecule has 0 radical (unpaired) electrons. The Hall–Kier alpha value is -2.96. The number of ether oxygens (including phenoxy) is 2. The fraction of sp³-hybridized carbons (Fsp3) is 0.667. The fourth-order valence-electron chi connectivity index (χ4n) is 10.3. The number of fused-ring (bicyclic) bond motifs is 6. The maximum absolute atomic E-state index is 14.1. The maximum Gasteiger partial charge on any atom is 0.338 e. The molecule has 0 spiro atoms. The monoisotopic (exact) mass is 939 g/mol. The molecule has 5 aromatic rings. The van der Waals surface area contributed by atoms with Gasteiger partial charge in [-0.25, -0.2) is 9.59 Å². The molecule has 66 heavy (non-hydrogen) atoms. The van der Waals surface area contributed by atoms with Gasteiger partial charge in [0, 0.05) is 30.9 Å². The molecule has 366 valence electrons. The van der Waals surface area contributed by atoms with E-state index in [1.54, 1.807) is 22.7 Å². The summed E-state index contributed by atoms with van der Waals surface area (Å²) >= 11 is 3.36. The average Bonchev–Trinajstić information content (AvgIpc) is 4.04.